The Kier molecular flexibility index (Phi) is 4.41. The molecule has 0 radical (unpaired) electrons. The minimum absolute atomic E-state index is 0.708. The molecular weight excluding hydrogens is 362 g/mol. The fourth-order valence-electron chi connectivity index (χ4n) is 4.07. The Morgan fingerprint density at radius 3 is 2.76 bits per heavy atom. The first-order valence-corrected chi connectivity index (χ1v) is 9.84. The van der Waals surface area contributed by atoms with E-state index in [1.807, 2.05) is 25.1 Å². The molecule has 29 heavy (non-hydrogen) atoms. The maximum Gasteiger partial charge on any atom is 0.0960 e. The van der Waals surface area contributed by atoms with Gasteiger partial charge in [0.15, 0.2) is 0 Å². The van der Waals surface area contributed by atoms with Crippen LogP contribution in [0.4, 0.5) is 11.4 Å². The molecule has 1 fully saturated rings. The first-order valence-electron chi connectivity index (χ1n) is 9.84. The van der Waals surface area contributed by atoms with Crippen LogP contribution in [0, 0.1) is 6.92 Å². The van der Waals surface area contributed by atoms with Gasteiger partial charge in [-0.2, -0.15) is 5.10 Å². The van der Waals surface area contributed by atoms with Gasteiger partial charge in [-0.15, -0.1) is 0 Å². The molecule has 0 bridgehead atoms. The summed E-state index contributed by atoms with van der Waals surface area (Å²) in [6, 6.07) is 16.6. The average Bonchev–Trinajstić information content (AvgIpc) is 3.16. The molecule has 0 spiro atoms. The second-order valence-corrected chi connectivity index (χ2v) is 7.32. The lowest BCUT2D eigenvalue weighted by atomic mass is 9.93. The number of nitrogens with two attached hydrogens (primary N) is 1. The van der Waals surface area contributed by atoms with Crippen LogP contribution >= 0.6 is 0 Å². The standard InChI is InChI=1S/C23H23N5O/c1-15-21-20(27-26-15)8-9-25-23(21)22-18(6-3-7-19(22)24)16-4-2-5-17(14-16)28-10-12-29-13-11-28/h2-9,14H,10-13,24H2,1H3,(H,26,27). The van der Waals surface area contributed by atoms with Crippen molar-refractivity contribution in [3.63, 3.8) is 0 Å². The number of ether oxygens (including phenoxy) is 1. The van der Waals surface area contributed by atoms with Crippen LogP contribution < -0.4 is 10.6 Å². The molecule has 2 aromatic heterocycles. The number of pyridine rings is 1. The van der Waals surface area contributed by atoms with E-state index in [4.69, 9.17) is 15.5 Å². The molecule has 4 aromatic rings. The lowest BCUT2D eigenvalue weighted by molar-refractivity contribution is 0.122. The van der Waals surface area contributed by atoms with Gasteiger partial charge in [0.05, 0.1) is 24.4 Å². The van der Waals surface area contributed by atoms with Crippen LogP contribution in [0.5, 0.6) is 0 Å². The molecule has 5 rings (SSSR count). The zero-order valence-corrected chi connectivity index (χ0v) is 16.4. The van der Waals surface area contributed by atoms with Gasteiger partial charge in [0.2, 0.25) is 0 Å². The van der Waals surface area contributed by atoms with E-state index in [2.05, 4.69) is 45.4 Å². The highest BCUT2D eigenvalue weighted by molar-refractivity contribution is 6.02. The summed E-state index contributed by atoms with van der Waals surface area (Å²) < 4.78 is 5.50. The fourth-order valence-corrected chi connectivity index (χ4v) is 4.07. The van der Waals surface area contributed by atoms with Crippen molar-refractivity contribution in [2.45, 2.75) is 6.92 Å². The van der Waals surface area contributed by atoms with Gasteiger partial charge in [-0.3, -0.25) is 10.1 Å². The van der Waals surface area contributed by atoms with Gasteiger partial charge in [-0.25, -0.2) is 0 Å². The minimum Gasteiger partial charge on any atom is -0.398 e. The Bertz CT molecular complexity index is 1180. The predicted octanol–water partition coefficient (Wildman–Crippen LogP) is 4.02. The fraction of sp³-hybridized carbons (Fsp3) is 0.217. The molecule has 0 amide bonds. The second-order valence-electron chi connectivity index (χ2n) is 7.32. The van der Waals surface area contributed by atoms with Crippen molar-refractivity contribution in [2.24, 2.45) is 0 Å². The van der Waals surface area contributed by atoms with Crippen LogP contribution in [-0.4, -0.2) is 41.5 Å². The molecule has 0 aliphatic carbocycles. The summed E-state index contributed by atoms with van der Waals surface area (Å²) in [5.74, 6) is 0. The normalized spacial score (nSPS) is 14.4. The Balaban J connectivity index is 1.68. The van der Waals surface area contributed by atoms with E-state index in [0.717, 1.165) is 65.3 Å². The SMILES string of the molecule is Cc1[nH]nc2ccnc(-c3c(N)cccc3-c3cccc(N4CCOCC4)c3)c12. The Morgan fingerprint density at radius 2 is 1.90 bits per heavy atom. The van der Waals surface area contributed by atoms with Gasteiger partial charge in [-0.05, 0) is 42.3 Å². The topological polar surface area (TPSA) is 80.1 Å². The van der Waals surface area contributed by atoms with Crippen molar-refractivity contribution in [3.05, 3.63) is 60.4 Å². The molecule has 0 atom stereocenters. The third kappa shape index (κ3) is 3.11. The van der Waals surface area contributed by atoms with E-state index >= 15 is 0 Å². The van der Waals surface area contributed by atoms with Crippen molar-refractivity contribution in [1.82, 2.24) is 15.2 Å². The number of H-pyrrole nitrogens is 1. The predicted molar refractivity (Wildman–Crippen MR) is 117 cm³/mol. The largest absolute Gasteiger partial charge is 0.398 e. The number of nitrogens with zero attached hydrogens (tertiary/aromatic N) is 3. The lowest BCUT2D eigenvalue weighted by Crippen LogP contribution is -2.36. The van der Waals surface area contributed by atoms with Crippen LogP contribution in [0.15, 0.2) is 54.7 Å². The number of aromatic nitrogens is 3. The highest BCUT2D eigenvalue weighted by atomic mass is 16.5. The average molecular weight is 385 g/mol. The monoisotopic (exact) mass is 385 g/mol. The highest BCUT2D eigenvalue weighted by Gasteiger charge is 2.18. The molecule has 1 saturated heterocycles. The maximum atomic E-state index is 6.48. The van der Waals surface area contributed by atoms with Crippen molar-refractivity contribution in [3.8, 4) is 22.4 Å². The third-order valence-electron chi connectivity index (χ3n) is 5.51. The van der Waals surface area contributed by atoms with E-state index in [-0.39, 0.29) is 0 Å². The van der Waals surface area contributed by atoms with Crippen molar-refractivity contribution >= 4 is 22.3 Å². The minimum atomic E-state index is 0.708. The molecular formula is C23H23N5O. The summed E-state index contributed by atoms with van der Waals surface area (Å²) in [5.41, 5.74) is 14.3. The Hall–Kier alpha value is -3.38. The summed E-state index contributed by atoms with van der Waals surface area (Å²) in [6.45, 7) is 5.35. The number of morpholine rings is 1. The summed E-state index contributed by atoms with van der Waals surface area (Å²) in [7, 11) is 0. The molecule has 0 saturated carbocycles. The molecule has 3 heterocycles. The van der Waals surface area contributed by atoms with Crippen molar-refractivity contribution in [2.75, 3.05) is 36.9 Å². The number of aryl methyl sites for hydroxylation is 1. The zero-order chi connectivity index (χ0) is 19.8. The molecule has 1 aliphatic rings. The number of anilines is 2. The van der Waals surface area contributed by atoms with Gasteiger partial charge < -0.3 is 15.4 Å². The van der Waals surface area contributed by atoms with Gasteiger partial charge in [0.25, 0.3) is 0 Å². The number of hydrogen-bond donors (Lipinski definition) is 2. The van der Waals surface area contributed by atoms with Crippen LogP contribution in [0.1, 0.15) is 5.69 Å². The Labute approximate surface area is 169 Å². The van der Waals surface area contributed by atoms with Crippen LogP contribution in [0.3, 0.4) is 0 Å². The molecule has 3 N–H and O–H groups in total. The number of rotatable bonds is 3. The molecule has 0 unspecified atom stereocenters. The molecule has 1 aliphatic heterocycles. The molecule has 146 valence electrons. The van der Waals surface area contributed by atoms with Gasteiger partial charge >= 0.3 is 0 Å². The lowest BCUT2D eigenvalue weighted by Gasteiger charge is -2.29. The van der Waals surface area contributed by atoms with Crippen LogP contribution in [-0.2, 0) is 4.74 Å². The van der Waals surface area contributed by atoms with Gasteiger partial charge in [0, 0.05) is 47.3 Å². The van der Waals surface area contributed by atoms with E-state index < -0.39 is 0 Å². The molecule has 2 aromatic carbocycles. The second kappa shape index (κ2) is 7.22. The van der Waals surface area contributed by atoms with E-state index in [0.29, 0.717) is 5.69 Å². The van der Waals surface area contributed by atoms with E-state index in [9.17, 15) is 0 Å². The number of nitrogens with one attached hydrogen (secondary N) is 1. The first-order chi connectivity index (χ1) is 14.2. The maximum absolute atomic E-state index is 6.48. The Morgan fingerprint density at radius 1 is 1.07 bits per heavy atom. The summed E-state index contributed by atoms with van der Waals surface area (Å²) in [5, 5.41) is 8.47. The molecule has 6 nitrogen and oxygen atoms in total. The number of aromatic amines is 1. The smallest absolute Gasteiger partial charge is 0.0960 e. The van der Waals surface area contributed by atoms with Gasteiger partial charge in [-0.1, -0.05) is 24.3 Å². The number of nitrogen functional groups attached to an aromatic ring is 1. The van der Waals surface area contributed by atoms with Crippen LogP contribution in [0.2, 0.25) is 0 Å². The first kappa shape index (κ1) is 17.7. The summed E-state index contributed by atoms with van der Waals surface area (Å²) in [4.78, 5) is 7.06. The highest BCUT2D eigenvalue weighted by Crippen LogP contribution is 2.40. The summed E-state index contributed by atoms with van der Waals surface area (Å²) in [6.07, 6.45) is 1.79. The number of benzene rings is 2. The van der Waals surface area contributed by atoms with Crippen LogP contribution in [0.25, 0.3) is 33.3 Å². The number of hydrogen-bond acceptors (Lipinski definition) is 5. The van der Waals surface area contributed by atoms with Crippen molar-refractivity contribution in [1.29, 1.82) is 0 Å². The van der Waals surface area contributed by atoms with E-state index in [1.165, 1.54) is 5.69 Å². The summed E-state index contributed by atoms with van der Waals surface area (Å²) >= 11 is 0. The third-order valence-corrected chi connectivity index (χ3v) is 5.51. The zero-order valence-electron chi connectivity index (χ0n) is 16.4. The van der Waals surface area contributed by atoms with E-state index in [1.54, 1.807) is 6.20 Å². The quantitative estimate of drug-likeness (QED) is 0.521. The van der Waals surface area contributed by atoms with Gasteiger partial charge in [0.1, 0.15) is 0 Å². The van der Waals surface area contributed by atoms with Crippen molar-refractivity contribution < 1.29 is 4.74 Å². The number of fused-ring (bicyclic) bond motifs is 1. The molecule has 6 heteroatoms.